The van der Waals surface area contributed by atoms with Gasteiger partial charge in [-0.25, -0.2) is 4.39 Å². The second-order valence-corrected chi connectivity index (χ2v) is 7.43. The largest absolute Gasteiger partial charge is 0.497 e. The average Bonchev–Trinajstić information content (AvgIpc) is 3.27. The summed E-state index contributed by atoms with van der Waals surface area (Å²) in [6.45, 7) is 3.58. The predicted octanol–water partition coefficient (Wildman–Crippen LogP) is 3.96. The summed E-state index contributed by atoms with van der Waals surface area (Å²) in [7, 11) is 1.61. The minimum atomic E-state index is -0.226. The first kappa shape index (κ1) is 20.9. The predicted molar refractivity (Wildman–Crippen MR) is 114 cm³/mol. The van der Waals surface area contributed by atoms with Crippen LogP contribution in [0.4, 0.5) is 4.39 Å². The number of hydrogen-bond donors (Lipinski definition) is 0. The molecule has 3 aromatic rings. The van der Waals surface area contributed by atoms with E-state index < -0.39 is 0 Å². The molecule has 7 heteroatoms. The van der Waals surface area contributed by atoms with E-state index in [-0.39, 0.29) is 18.3 Å². The van der Waals surface area contributed by atoms with Crippen molar-refractivity contribution >= 4 is 5.91 Å². The molecule has 1 fully saturated rings. The number of hydrogen-bond acceptors (Lipinski definition) is 5. The van der Waals surface area contributed by atoms with Gasteiger partial charge in [0.05, 0.1) is 7.11 Å². The lowest BCUT2D eigenvalue weighted by atomic mass is 10.2. The van der Waals surface area contributed by atoms with Gasteiger partial charge in [-0.15, -0.1) is 0 Å². The van der Waals surface area contributed by atoms with Gasteiger partial charge in [0.15, 0.2) is 5.76 Å². The average molecular weight is 424 g/mol. The van der Waals surface area contributed by atoms with Gasteiger partial charge in [-0.3, -0.25) is 9.69 Å². The molecular formula is C24H25FN2O4. The number of carbonyl (C=O) groups is 1. The van der Waals surface area contributed by atoms with E-state index in [1.807, 2.05) is 30.3 Å². The lowest BCUT2D eigenvalue weighted by Crippen LogP contribution is -2.48. The van der Waals surface area contributed by atoms with Crippen LogP contribution in [0.5, 0.6) is 11.5 Å². The highest BCUT2D eigenvalue weighted by molar-refractivity contribution is 5.91. The van der Waals surface area contributed by atoms with E-state index in [9.17, 15) is 9.18 Å². The molecule has 1 saturated heterocycles. The second-order valence-electron chi connectivity index (χ2n) is 7.43. The fourth-order valence-electron chi connectivity index (χ4n) is 3.56. The zero-order valence-electron chi connectivity index (χ0n) is 17.4. The molecular weight excluding hydrogens is 399 g/mol. The number of nitrogens with zero attached hydrogens (tertiary/aromatic N) is 2. The van der Waals surface area contributed by atoms with Gasteiger partial charge in [-0.05, 0) is 54.1 Å². The van der Waals surface area contributed by atoms with Crippen LogP contribution in [-0.4, -0.2) is 49.0 Å². The fraction of sp³-hybridized carbons (Fsp3) is 0.292. The lowest BCUT2D eigenvalue weighted by Gasteiger charge is -2.34. The van der Waals surface area contributed by atoms with Crippen molar-refractivity contribution in [3.05, 3.63) is 83.6 Å². The van der Waals surface area contributed by atoms with Crippen molar-refractivity contribution in [1.29, 1.82) is 0 Å². The Morgan fingerprint density at radius 2 is 1.74 bits per heavy atom. The smallest absolute Gasteiger partial charge is 0.289 e. The van der Waals surface area contributed by atoms with Gasteiger partial charge in [0.1, 0.15) is 29.7 Å². The summed E-state index contributed by atoms with van der Waals surface area (Å²) in [6.07, 6.45) is 0. The first-order chi connectivity index (χ1) is 15.1. The van der Waals surface area contributed by atoms with Gasteiger partial charge in [0.25, 0.3) is 5.91 Å². The molecule has 0 spiro atoms. The van der Waals surface area contributed by atoms with E-state index in [1.54, 1.807) is 36.3 Å². The number of amides is 1. The van der Waals surface area contributed by atoms with E-state index in [1.165, 1.54) is 6.07 Å². The summed E-state index contributed by atoms with van der Waals surface area (Å²) in [5.41, 5.74) is 0.937. The number of rotatable bonds is 7. The SMILES string of the molecule is COc1ccc(OCc2ccc(C(=O)N3CCN(Cc4cccc(F)c4)CC3)o2)cc1. The molecule has 1 aromatic heterocycles. The first-order valence-corrected chi connectivity index (χ1v) is 10.2. The molecule has 1 aliphatic heterocycles. The molecule has 0 saturated carbocycles. The first-order valence-electron chi connectivity index (χ1n) is 10.2. The second kappa shape index (κ2) is 9.66. The van der Waals surface area contributed by atoms with Crippen molar-refractivity contribution in [3.8, 4) is 11.5 Å². The minimum absolute atomic E-state index is 0.124. The number of halogens is 1. The third-order valence-corrected chi connectivity index (χ3v) is 5.27. The van der Waals surface area contributed by atoms with Crippen molar-refractivity contribution < 1.29 is 23.1 Å². The molecule has 0 atom stereocenters. The highest BCUT2D eigenvalue weighted by Gasteiger charge is 2.24. The summed E-state index contributed by atoms with van der Waals surface area (Å²) >= 11 is 0. The van der Waals surface area contributed by atoms with E-state index >= 15 is 0 Å². The molecule has 0 radical (unpaired) electrons. The van der Waals surface area contributed by atoms with Crippen LogP contribution in [0.3, 0.4) is 0 Å². The number of furan rings is 1. The Morgan fingerprint density at radius 3 is 2.45 bits per heavy atom. The fourth-order valence-corrected chi connectivity index (χ4v) is 3.56. The van der Waals surface area contributed by atoms with Crippen LogP contribution in [0.1, 0.15) is 21.9 Å². The Balaban J connectivity index is 1.26. The van der Waals surface area contributed by atoms with Gasteiger partial charge >= 0.3 is 0 Å². The molecule has 2 heterocycles. The highest BCUT2D eigenvalue weighted by atomic mass is 19.1. The Morgan fingerprint density at radius 1 is 1.00 bits per heavy atom. The van der Waals surface area contributed by atoms with Gasteiger partial charge < -0.3 is 18.8 Å². The van der Waals surface area contributed by atoms with Crippen molar-refractivity contribution in [1.82, 2.24) is 9.80 Å². The molecule has 0 N–H and O–H groups in total. The maximum absolute atomic E-state index is 13.4. The van der Waals surface area contributed by atoms with E-state index in [4.69, 9.17) is 13.9 Å². The molecule has 1 aliphatic rings. The van der Waals surface area contributed by atoms with Crippen LogP contribution in [0, 0.1) is 5.82 Å². The van der Waals surface area contributed by atoms with E-state index in [0.717, 1.165) is 24.4 Å². The van der Waals surface area contributed by atoms with Crippen LogP contribution >= 0.6 is 0 Å². The lowest BCUT2D eigenvalue weighted by molar-refractivity contribution is 0.0594. The molecule has 0 bridgehead atoms. The molecule has 6 nitrogen and oxygen atoms in total. The van der Waals surface area contributed by atoms with E-state index in [0.29, 0.717) is 36.9 Å². The van der Waals surface area contributed by atoms with E-state index in [2.05, 4.69) is 4.90 Å². The molecule has 4 rings (SSSR count). The number of methoxy groups -OCH3 is 1. The molecule has 2 aromatic carbocycles. The Labute approximate surface area is 180 Å². The molecule has 31 heavy (non-hydrogen) atoms. The third-order valence-electron chi connectivity index (χ3n) is 5.27. The number of carbonyl (C=O) groups excluding carboxylic acids is 1. The van der Waals surface area contributed by atoms with Crippen LogP contribution in [0.25, 0.3) is 0 Å². The zero-order chi connectivity index (χ0) is 21.6. The molecule has 162 valence electrons. The van der Waals surface area contributed by atoms with Gasteiger partial charge in [-0.2, -0.15) is 0 Å². The van der Waals surface area contributed by atoms with Gasteiger partial charge in [-0.1, -0.05) is 12.1 Å². The Kier molecular flexibility index (Phi) is 6.52. The molecule has 0 unspecified atom stereocenters. The Bertz CT molecular complexity index is 1010. The topological polar surface area (TPSA) is 55.2 Å². The molecule has 0 aliphatic carbocycles. The summed E-state index contributed by atoms with van der Waals surface area (Å²) in [4.78, 5) is 16.8. The minimum Gasteiger partial charge on any atom is -0.497 e. The maximum atomic E-state index is 13.4. The number of piperazine rings is 1. The number of benzene rings is 2. The quantitative estimate of drug-likeness (QED) is 0.575. The normalized spacial score (nSPS) is 14.5. The summed E-state index contributed by atoms with van der Waals surface area (Å²) in [6, 6.07) is 17.4. The summed E-state index contributed by atoms with van der Waals surface area (Å²) in [5.74, 6) is 2.00. The Hall–Kier alpha value is -3.32. The monoisotopic (exact) mass is 424 g/mol. The van der Waals surface area contributed by atoms with Gasteiger partial charge in [0, 0.05) is 32.7 Å². The van der Waals surface area contributed by atoms with Crippen molar-refractivity contribution in [2.75, 3.05) is 33.3 Å². The van der Waals surface area contributed by atoms with Crippen molar-refractivity contribution in [2.45, 2.75) is 13.2 Å². The van der Waals surface area contributed by atoms with Crippen LogP contribution in [-0.2, 0) is 13.2 Å². The zero-order valence-corrected chi connectivity index (χ0v) is 17.4. The van der Waals surface area contributed by atoms with Crippen LogP contribution in [0.15, 0.2) is 65.1 Å². The molecule has 1 amide bonds. The maximum Gasteiger partial charge on any atom is 0.289 e. The van der Waals surface area contributed by atoms with Crippen molar-refractivity contribution in [2.24, 2.45) is 0 Å². The summed E-state index contributed by atoms with van der Waals surface area (Å²) in [5, 5.41) is 0. The highest BCUT2D eigenvalue weighted by Crippen LogP contribution is 2.20. The van der Waals surface area contributed by atoms with Crippen LogP contribution < -0.4 is 9.47 Å². The standard InChI is InChI=1S/C24H25FN2O4/c1-29-20-5-7-21(8-6-20)30-17-22-9-10-23(31-22)24(28)27-13-11-26(12-14-27)16-18-3-2-4-19(25)15-18/h2-10,15H,11-14,16-17H2,1H3. The number of ether oxygens (including phenoxy) is 2. The van der Waals surface area contributed by atoms with Crippen LogP contribution in [0.2, 0.25) is 0 Å². The van der Waals surface area contributed by atoms with Gasteiger partial charge in [0.2, 0.25) is 0 Å². The van der Waals surface area contributed by atoms with Crippen molar-refractivity contribution in [3.63, 3.8) is 0 Å². The summed E-state index contributed by atoms with van der Waals surface area (Å²) < 4.78 is 29.9. The third kappa shape index (κ3) is 5.44.